The molecule has 0 spiro atoms. The molecule has 3 fully saturated rings. The summed E-state index contributed by atoms with van der Waals surface area (Å²) >= 11 is 1.52. The van der Waals surface area contributed by atoms with Gasteiger partial charge in [-0.3, -0.25) is 14.1 Å². The van der Waals surface area contributed by atoms with Crippen LogP contribution in [0.25, 0.3) is 5.65 Å². The molecule has 0 bridgehead atoms. The van der Waals surface area contributed by atoms with E-state index in [-0.39, 0.29) is 28.5 Å². The number of fused-ring (bicyclic) bond motifs is 2. The number of amides is 1. The summed E-state index contributed by atoms with van der Waals surface area (Å²) in [6.07, 6.45) is 2.08. The molecular formula is C30H32F2N8O2S. The molecule has 43 heavy (non-hydrogen) atoms. The Hall–Kier alpha value is -3.73. The van der Waals surface area contributed by atoms with Gasteiger partial charge in [0.25, 0.3) is 0 Å². The van der Waals surface area contributed by atoms with Gasteiger partial charge in [-0.15, -0.1) is 0 Å². The number of carbonyl (C=O) groups is 1. The van der Waals surface area contributed by atoms with E-state index in [1.807, 2.05) is 25.1 Å². The fourth-order valence-corrected chi connectivity index (χ4v) is 7.99. The number of amidine groups is 1. The second-order valence-electron chi connectivity index (χ2n) is 11.6. The summed E-state index contributed by atoms with van der Waals surface area (Å²) in [7, 11) is 1.89. The molecule has 1 aliphatic carbocycles. The van der Waals surface area contributed by atoms with Crippen LogP contribution in [0.3, 0.4) is 0 Å². The molecule has 1 N–H and O–H groups in total. The Balaban J connectivity index is 1.14. The largest absolute Gasteiger partial charge is 0.389 e. The Morgan fingerprint density at radius 2 is 1.93 bits per heavy atom. The monoisotopic (exact) mass is 606 g/mol. The molecule has 3 aliphatic heterocycles. The lowest BCUT2D eigenvalue weighted by molar-refractivity contribution is -0.142. The first-order valence-electron chi connectivity index (χ1n) is 14.5. The number of likely N-dealkylation sites (tertiary alicyclic amines) is 1. The minimum Gasteiger partial charge on any atom is -0.389 e. The fourth-order valence-electron chi connectivity index (χ4n) is 6.47. The van der Waals surface area contributed by atoms with Crippen molar-refractivity contribution in [3.05, 3.63) is 59.4 Å². The van der Waals surface area contributed by atoms with Crippen LogP contribution in [0.15, 0.2) is 41.5 Å². The maximum atomic E-state index is 15.6. The number of thioether (sulfide) groups is 1. The first kappa shape index (κ1) is 28.1. The zero-order valence-corrected chi connectivity index (χ0v) is 24.8. The smallest absolute Gasteiger partial charge is 0.236 e. The van der Waals surface area contributed by atoms with Gasteiger partial charge in [0, 0.05) is 58.6 Å². The lowest BCUT2D eigenvalue weighted by Crippen LogP contribution is -2.57. The summed E-state index contributed by atoms with van der Waals surface area (Å²) in [6, 6.07) is 10.1. The Kier molecular flexibility index (Phi) is 6.83. The average molecular weight is 607 g/mol. The van der Waals surface area contributed by atoms with Gasteiger partial charge in [0.05, 0.1) is 41.3 Å². The number of piperazine rings is 1. The Labute approximate surface area is 252 Å². The van der Waals surface area contributed by atoms with Gasteiger partial charge in [-0.1, -0.05) is 30.8 Å². The Morgan fingerprint density at radius 3 is 2.58 bits per heavy atom. The highest BCUT2D eigenvalue weighted by atomic mass is 32.2. The molecule has 5 heterocycles. The second kappa shape index (κ2) is 10.5. The molecule has 13 heteroatoms. The second-order valence-corrected chi connectivity index (χ2v) is 12.7. The summed E-state index contributed by atoms with van der Waals surface area (Å²) in [5.74, 6) is -0.316. The van der Waals surface area contributed by atoms with Crippen LogP contribution in [0.5, 0.6) is 0 Å². The van der Waals surface area contributed by atoms with Crippen LogP contribution < -0.4 is 9.80 Å². The summed E-state index contributed by atoms with van der Waals surface area (Å²) < 4.78 is 31.0. The molecule has 2 aromatic heterocycles. The van der Waals surface area contributed by atoms with Gasteiger partial charge in [-0.25, -0.2) is 18.8 Å². The van der Waals surface area contributed by atoms with E-state index in [9.17, 15) is 19.6 Å². The third kappa shape index (κ3) is 4.54. The van der Waals surface area contributed by atoms with Crippen molar-refractivity contribution < 1.29 is 18.7 Å². The number of aliphatic imine (C=N–C) groups is 1. The molecule has 224 valence electrons. The number of pyridine rings is 1. The van der Waals surface area contributed by atoms with Crippen LogP contribution in [-0.4, -0.2) is 99.6 Å². The maximum absolute atomic E-state index is 15.6. The zero-order chi connectivity index (χ0) is 30.0. The molecular weight excluding hydrogens is 574 g/mol. The van der Waals surface area contributed by atoms with E-state index in [0.717, 1.165) is 22.8 Å². The van der Waals surface area contributed by atoms with E-state index in [1.165, 1.54) is 30.0 Å². The van der Waals surface area contributed by atoms with E-state index in [1.54, 1.807) is 21.4 Å². The van der Waals surface area contributed by atoms with E-state index in [4.69, 9.17) is 4.99 Å². The summed E-state index contributed by atoms with van der Waals surface area (Å²) in [4.78, 5) is 29.9. The minimum atomic E-state index is -0.726. The normalized spacial score (nSPS) is 25.3. The number of anilines is 2. The predicted octanol–water partition coefficient (Wildman–Crippen LogP) is 2.46. The van der Waals surface area contributed by atoms with E-state index >= 15 is 4.39 Å². The number of aliphatic hydroxyl groups is 1. The van der Waals surface area contributed by atoms with Gasteiger partial charge in [-0.05, 0) is 24.1 Å². The number of aryl methyl sites for hydroxylation is 1. The molecule has 0 radical (unpaired) electrons. The third-order valence-corrected chi connectivity index (χ3v) is 10.5. The molecule has 1 amide bonds. The van der Waals surface area contributed by atoms with Crippen LogP contribution in [0.2, 0.25) is 0 Å². The Bertz CT molecular complexity index is 1660. The van der Waals surface area contributed by atoms with Crippen molar-refractivity contribution in [3.8, 4) is 6.07 Å². The number of hydrogen-bond acceptors (Lipinski definition) is 9. The topological polar surface area (TPSA) is 104 Å². The van der Waals surface area contributed by atoms with Crippen LogP contribution in [0.4, 0.5) is 20.3 Å². The number of benzene rings is 1. The predicted molar refractivity (Wildman–Crippen MR) is 160 cm³/mol. The minimum absolute atomic E-state index is 0.0250. The summed E-state index contributed by atoms with van der Waals surface area (Å²) in [6.45, 7) is 5.71. The van der Waals surface area contributed by atoms with E-state index in [0.29, 0.717) is 57.4 Å². The molecule has 3 unspecified atom stereocenters. The number of halogens is 2. The van der Waals surface area contributed by atoms with Crippen molar-refractivity contribution in [3.63, 3.8) is 0 Å². The lowest BCUT2D eigenvalue weighted by Gasteiger charge is -2.39. The molecule has 7 rings (SSSR count). The number of β-amino-alcohol motifs (C(OH)–C–C–N with tert-alkyl or cyclic N) is 1. The first-order valence-corrected chi connectivity index (χ1v) is 15.4. The van der Waals surface area contributed by atoms with E-state index < -0.39 is 17.5 Å². The highest BCUT2D eigenvalue weighted by molar-refractivity contribution is 8.15. The highest BCUT2D eigenvalue weighted by Crippen LogP contribution is 2.66. The standard InChI is InChI=1S/C30H32F2N8O2S/c1-3-24-28(36(2)29-35-30(22(13-33)26(30)43-29)18-4-6-19(31)7-5-18)40-14-20(12-23(32)27(40)34-24)38-10-8-37(9-11-38)17-25(42)39-15-21(41)16-39/h4-7,12,14,21-22,26,41H,3,8-11,15-17H2,1-2H3. The molecule has 10 nitrogen and oxygen atoms in total. The van der Waals surface area contributed by atoms with Gasteiger partial charge >= 0.3 is 0 Å². The number of hydrogen-bond donors (Lipinski definition) is 1. The van der Waals surface area contributed by atoms with Crippen molar-refractivity contribution in [2.75, 3.05) is 62.7 Å². The highest BCUT2D eigenvalue weighted by Gasteiger charge is 2.71. The van der Waals surface area contributed by atoms with Crippen LogP contribution in [0, 0.1) is 28.9 Å². The molecule has 3 aromatic rings. The number of imidazole rings is 1. The number of carbonyl (C=O) groups excluding carboxylic acids is 1. The molecule has 2 saturated heterocycles. The van der Waals surface area contributed by atoms with E-state index in [2.05, 4.69) is 20.9 Å². The molecule has 1 aromatic carbocycles. The van der Waals surface area contributed by atoms with Gasteiger partial charge < -0.3 is 19.8 Å². The van der Waals surface area contributed by atoms with Crippen molar-refractivity contribution >= 4 is 40.0 Å². The van der Waals surface area contributed by atoms with Crippen molar-refractivity contribution in [1.82, 2.24) is 19.2 Å². The SMILES string of the molecule is CCc1nc2c(F)cc(N3CCN(CC(=O)N4CC(O)C4)CC3)cn2c1N(C)C1=NC2(c3ccc(F)cc3)C(C#N)C2S1. The van der Waals surface area contributed by atoms with Gasteiger partial charge in [-0.2, -0.15) is 5.26 Å². The number of rotatable bonds is 6. The van der Waals surface area contributed by atoms with Crippen LogP contribution in [0.1, 0.15) is 18.2 Å². The first-order chi connectivity index (χ1) is 20.7. The molecule has 3 atom stereocenters. The zero-order valence-electron chi connectivity index (χ0n) is 24.0. The van der Waals surface area contributed by atoms with Crippen molar-refractivity contribution in [1.29, 1.82) is 5.26 Å². The average Bonchev–Trinajstić information content (AvgIpc) is 3.25. The summed E-state index contributed by atoms with van der Waals surface area (Å²) in [5.41, 5.74) is 1.78. The van der Waals surface area contributed by atoms with Gasteiger partial charge in [0.2, 0.25) is 5.91 Å². The number of aromatic nitrogens is 2. The Morgan fingerprint density at radius 1 is 1.21 bits per heavy atom. The van der Waals surface area contributed by atoms with Crippen molar-refractivity contribution in [2.45, 2.75) is 30.2 Å². The van der Waals surface area contributed by atoms with Gasteiger partial charge in [0.15, 0.2) is 16.6 Å². The number of nitrogens with zero attached hydrogens (tertiary/aromatic N) is 8. The lowest BCUT2D eigenvalue weighted by atomic mass is 10.0. The maximum Gasteiger partial charge on any atom is 0.236 e. The quantitative estimate of drug-likeness (QED) is 0.457. The summed E-state index contributed by atoms with van der Waals surface area (Å²) in [5, 5.41) is 19.9. The molecule has 4 aliphatic rings. The third-order valence-electron chi connectivity index (χ3n) is 9.02. The molecule has 1 saturated carbocycles. The van der Waals surface area contributed by atoms with Crippen LogP contribution >= 0.6 is 11.8 Å². The fraction of sp³-hybridized carbons (Fsp3) is 0.467. The van der Waals surface area contributed by atoms with Gasteiger partial charge in [0.1, 0.15) is 17.2 Å². The van der Waals surface area contributed by atoms with Crippen molar-refractivity contribution in [2.24, 2.45) is 10.9 Å². The number of nitriles is 1. The number of aliphatic hydroxyl groups excluding tert-OH is 1. The van der Waals surface area contributed by atoms with Crippen LogP contribution in [-0.2, 0) is 16.8 Å².